The van der Waals surface area contributed by atoms with Gasteiger partial charge in [-0.3, -0.25) is 10.2 Å². The van der Waals surface area contributed by atoms with Crippen molar-refractivity contribution in [3.63, 3.8) is 0 Å². The van der Waals surface area contributed by atoms with Crippen LogP contribution in [-0.2, 0) is 17.6 Å². The van der Waals surface area contributed by atoms with Crippen LogP contribution >= 0.6 is 0 Å². The molecule has 2 aromatic carbocycles. The predicted molar refractivity (Wildman–Crippen MR) is 102 cm³/mol. The van der Waals surface area contributed by atoms with Crippen LogP contribution in [0.25, 0.3) is 22.4 Å². The molecule has 0 bridgehead atoms. The lowest BCUT2D eigenvalue weighted by molar-refractivity contribution is -0.117. The molecule has 1 amide bonds. The van der Waals surface area contributed by atoms with Crippen molar-refractivity contribution in [2.75, 3.05) is 5.43 Å². The Bertz CT molecular complexity index is 1070. The van der Waals surface area contributed by atoms with Crippen molar-refractivity contribution in [1.82, 2.24) is 19.8 Å². The van der Waals surface area contributed by atoms with E-state index < -0.39 is 0 Å². The molecule has 7 heteroatoms. The molecule has 0 aliphatic carbocycles. The van der Waals surface area contributed by atoms with Crippen LogP contribution in [0.4, 0.5) is 0 Å². The molecule has 0 saturated heterocycles. The average Bonchev–Trinajstić information content (AvgIpc) is 3.34. The number of imidazole rings is 1. The summed E-state index contributed by atoms with van der Waals surface area (Å²) in [5.74, 6) is 0.828. The summed E-state index contributed by atoms with van der Waals surface area (Å²) < 4.78 is 6.89. The van der Waals surface area contributed by atoms with Gasteiger partial charge >= 0.3 is 0 Å². The number of hydrogen-bond acceptors (Lipinski definition) is 5. The molecule has 0 fully saturated rings. The van der Waals surface area contributed by atoms with Gasteiger partial charge in [0.2, 0.25) is 17.6 Å². The Morgan fingerprint density at radius 2 is 1.96 bits per heavy atom. The second-order valence-electron chi connectivity index (χ2n) is 6.20. The number of amides is 1. The van der Waals surface area contributed by atoms with Crippen LogP contribution < -0.4 is 5.43 Å². The molecule has 1 N–H and O–H groups in total. The summed E-state index contributed by atoms with van der Waals surface area (Å²) in [6, 6.07) is 15.7. The molecule has 0 aliphatic rings. The third kappa shape index (κ3) is 3.72. The van der Waals surface area contributed by atoms with Crippen LogP contribution in [0.2, 0.25) is 0 Å². The molecule has 0 atom stereocenters. The summed E-state index contributed by atoms with van der Waals surface area (Å²) in [6.45, 7) is 2.11. The molecule has 0 unspecified atom stereocenters. The molecule has 4 rings (SSSR count). The summed E-state index contributed by atoms with van der Waals surface area (Å²) in [5, 5.41) is 4.00. The standard InChI is InChI=1S/C20H19N5O2/c1-2-14-7-9-15(10-8-14)20-22-19(27-24-20)12-11-18(26)23-25-13-21-16-5-3-4-6-17(16)25/h3-10,13H,2,11-12H2,1H3,(H,23,26). The molecule has 0 radical (unpaired) electrons. The monoisotopic (exact) mass is 361 g/mol. The van der Waals surface area contributed by atoms with E-state index in [1.54, 1.807) is 11.0 Å². The molecular formula is C20H19N5O2. The fraction of sp³-hybridized carbons (Fsp3) is 0.200. The van der Waals surface area contributed by atoms with Crippen molar-refractivity contribution in [2.24, 2.45) is 0 Å². The van der Waals surface area contributed by atoms with Gasteiger partial charge in [-0.15, -0.1) is 0 Å². The van der Waals surface area contributed by atoms with Crippen molar-refractivity contribution in [2.45, 2.75) is 26.2 Å². The highest BCUT2D eigenvalue weighted by molar-refractivity contribution is 5.86. The van der Waals surface area contributed by atoms with Gasteiger partial charge in [-0.1, -0.05) is 48.5 Å². The highest BCUT2D eigenvalue weighted by atomic mass is 16.5. The zero-order chi connectivity index (χ0) is 18.6. The Morgan fingerprint density at radius 1 is 1.15 bits per heavy atom. The van der Waals surface area contributed by atoms with E-state index in [0.717, 1.165) is 23.0 Å². The lowest BCUT2D eigenvalue weighted by Crippen LogP contribution is -2.22. The lowest BCUT2D eigenvalue weighted by Gasteiger charge is -2.05. The van der Waals surface area contributed by atoms with Crippen LogP contribution in [0.3, 0.4) is 0 Å². The number of carbonyl (C=O) groups is 1. The maximum atomic E-state index is 12.2. The predicted octanol–water partition coefficient (Wildman–Crippen LogP) is 3.35. The van der Waals surface area contributed by atoms with Gasteiger partial charge in [0, 0.05) is 18.4 Å². The fourth-order valence-corrected chi connectivity index (χ4v) is 2.82. The van der Waals surface area contributed by atoms with Crippen molar-refractivity contribution in [1.29, 1.82) is 0 Å². The number of hydrogen-bond donors (Lipinski definition) is 1. The SMILES string of the molecule is CCc1ccc(-c2noc(CCC(=O)Nn3cnc4ccccc43)n2)cc1. The van der Waals surface area contributed by atoms with E-state index in [1.165, 1.54) is 5.56 Å². The Morgan fingerprint density at radius 3 is 2.78 bits per heavy atom. The Kier molecular flexibility index (Phi) is 4.65. The minimum Gasteiger partial charge on any atom is -0.339 e. The number of aryl methyl sites for hydroxylation is 2. The van der Waals surface area contributed by atoms with Crippen molar-refractivity contribution in [3.8, 4) is 11.4 Å². The molecule has 2 heterocycles. The number of benzene rings is 2. The smallest absolute Gasteiger partial charge is 0.239 e. The molecule has 7 nitrogen and oxygen atoms in total. The molecule has 27 heavy (non-hydrogen) atoms. The van der Waals surface area contributed by atoms with Gasteiger partial charge in [-0.25, -0.2) is 9.66 Å². The van der Waals surface area contributed by atoms with Crippen LogP contribution in [-0.4, -0.2) is 25.7 Å². The van der Waals surface area contributed by atoms with Crippen LogP contribution in [0.5, 0.6) is 0 Å². The first kappa shape index (κ1) is 17.0. The zero-order valence-electron chi connectivity index (χ0n) is 14.9. The largest absolute Gasteiger partial charge is 0.339 e. The summed E-state index contributed by atoms with van der Waals surface area (Å²) in [4.78, 5) is 20.8. The minimum absolute atomic E-state index is 0.148. The quantitative estimate of drug-likeness (QED) is 0.569. The molecule has 4 aromatic rings. The third-order valence-corrected chi connectivity index (χ3v) is 4.35. The van der Waals surface area contributed by atoms with Crippen LogP contribution in [0.1, 0.15) is 24.8 Å². The van der Waals surface area contributed by atoms with E-state index in [-0.39, 0.29) is 12.3 Å². The van der Waals surface area contributed by atoms with E-state index in [1.807, 2.05) is 48.5 Å². The maximum absolute atomic E-state index is 12.2. The first-order valence-corrected chi connectivity index (χ1v) is 8.87. The van der Waals surface area contributed by atoms with Gasteiger partial charge < -0.3 is 4.52 Å². The van der Waals surface area contributed by atoms with Gasteiger partial charge in [-0.2, -0.15) is 4.98 Å². The van der Waals surface area contributed by atoms with Crippen molar-refractivity contribution < 1.29 is 9.32 Å². The number of rotatable bonds is 6. The molecule has 136 valence electrons. The normalized spacial score (nSPS) is 11.0. The molecule has 0 saturated carbocycles. The summed E-state index contributed by atoms with van der Waals surface area (Å²) in [7, 11) is 0. The van der Waals surface area contributed by atoms with E-state index in [2.05, 4.69) is 27.5 Å². The summed E-state index contributed by atoms with van der Waals surface area (Å²) >= 11 is 0. The number of nitrogens with one attached hydrogen (secondary N) is 1. The Labute approximate surface area is 156 Å². The fourth-order valence-electron chi connectivity index (χ4n) is 2.82. The number of fused-ring (bicyclic) bond motifs is 1. The topological polar surface area (TPSA) is 85.8 Å². The number of carbonyl (C=O) groups excluding carboxylic acids is 1. The van der Waals surface area contributed by atoms with E-state index in [0.29, 0.717) is 18.1 Å². The third-order valence-electron chi connectivity index (χ3n) is 4.35. The van der Waals surface area contributed by atoms with Crippen LogP contribution in [0, 0.1) is 0 Å². The van der Waals surface area contributed by atoms with E-state index in [9.17, 15) is 4.79 Å². The molecule has 0 aliphatic heterocycles. The first-order valence-electron chi connectivity index (χ1n) is 8.87. The first-order chi connectivity index (χ1) is 13.2. The van der Waals surface area contributed by atoms with E-state index in [4.69, 9.17) is 4.52 Å². The average molecular weight is 361 g/mol. The maximum Gasteiger partial charge on any atom is 0.239 e. The number of aromatic nitrogens is 4. The second kappa shape index (κ2) is 7.41. The van der Waals surface area contributed by atoms with Gasteiger partial charge in [-0.05, 0) is 24.1 Å². The van der Waals surface area contributed by atoms with Gasteiger partial charge in [0.15, 0.2) is 0 Å². The minimum atomic E-state index is -0.148. The van der Waals surface area contributed by atoms with Gasteiger partial charge in [0.05, 0.1) is 11.0 Å². The Balaban J connectivity index is 1.37. The Hall–Kier alpha value is -3.48. The van der Waals surface area contributed by atoms with Crippen LogP contribution in [0.15, 0.2) is 59.4 Å². The lowest BCUT2D eigenvalue weighted by atomic mass is 10.1. The molecule has 0 spiro atoms. The van der Waals surface area contributed by atoms with Crippen molar-refractivity contribution in [3.05, 3.63) is 66.3 Å². The summed E-state index contributed by atoms with van der Waals surface area (Å²) in [5.41, 5.74) is 6.64. The number of nitrogens with zero attached hydrogens (tertiary/aromatic N) is 4. The molecular weight excluding hydrogens is 342 g/mol. The second-order valence-corrected chi connectivity index (χ2v) is 6.20. The van der Waals surface area contributed by atoms with Gasteiger partial charge in [0.25, 0.3) is 0 Å². The highest BCUT2D eigenvalue weighted by Crippen LogP contribution is 2.17. The van der Waals surface area contributed by atoms with Crippen molar-refractivity contribution >= 4 is 16.9 Å². The molecule has 2 aromatic heterocycles. The summed E-state index contributed by atoms with van der Waals surface area (Å²) in [6.07, 6.45) is 3.19. The number of para-hydroxylation sites is 2. The van der Waals surface area contributed by atoms with Gasteiger partial charge in [0.1, 0.15) is 6.33 Å². The van der Waals surface area contributed by atoms with E-state index >= 15 is 0 Å². The zero-order valence-corrected chi connectivity index (χ0v) is 14.9. The highest BCUT2D eigenvalue weighted by Gasteiger charge is 2.12.